The van der Waals surface area contributed by atoms with Crippen molar-refractivity contribution in [2.75, 3.05) is 20.3 Å². The van der Waals surface area contributed by atoms with Gasteiger partial charge >= 0.3 is 0 Å². The second-order valence-electron chi connectivity index (χ2n) is 4.49. The Kier molecular flexibility index (Phi) is 6.85. The molecule has 0 aromatic heterocycles. The fraction of sp³-hybridized carbons (Fsp3) is 0.833. The lowest BCUT2D eigenvalue weighted by molar-refractivity contribution is 0.179. The molecule has 0 aromatic carbocycles. The Morgan fingerprint density at radius 1 is 1.50 bits per heavy atom. The van der Waals surface area contributed by atoms with Crippen molar-refractivity contribution in [2.45, 2.75) is 39.7 Å². The highest BCUT2D eigenvalue weighted by atomic mass is 16.5. The molecule has 1 N–H and O–H groups in total. The summed E-state index contributed by atoms with van der Waals surface area (Å²) in [6, 6.07) is 0.539. The van der Waals surface area contributed by atoms with Gasteiger partial charge in [0.05, 0.1) is 0 Å². The predicted molar refractivity (Wildman–Crippen MR) is 62.6 cm³/mol. The van der Waals surface area contributed by atoms with Crippen LogP contribution >= 0.6 is 0 Å². The van der Waals surface area contributed by atoms with Crippen molar-refractivity contribution in [2.24, 2.45) is 5.41 Å². The van der Waals surface area contributed by atoms with Crippen LogP contribution < -0.4 is 5.32 Å². The molecule has 0 spiro atoms. The van der Waals surface area contributed by atoms with E-state index in [-0.39, 0.29) is 5.41 Å². The van der Waals surface area contributed by atoms with E-state index in [9.17, 15) is 0 Å². The van der Waals surface area contributed by atoms with Gasteiger partial charge in [0, 0.05) is 26.3 Å². The van der Waals surface area contributed by atoms with E-state index < -0.39 is 0 Å². The molecular weight excluding hydrogens is 174 g/mol. The molecule has 84 valence electrons. The molecule has 2 nitrogen and oxygen atoms in total. The normalized spacial score (nSPS) is 15.5. The molecule has 0 bridgehead atoms. The van der Waals surface area contributed by atoms with Crippen molar-refractivity contribution < 1.29 is 4.74 Å². The summed E-state index contributed by atoms with van der Waals surface area (Å²) < 4.78 is 5.05. The molecule has 0 amide bonds. The first kappa shape index (κ1) is 13.7. The predicted octanol–water partition coefficient (Wildman–Crippen LogP) is 2.60. The average molecular weight is 199 g/mol. The van der Waals surface area contributed by atoms with Gasteiger partial charge in [0.25, 0.3) is 0 Å². The Balaban J connectivity index is 3.85. The number of hydrogen-bond acceptors (Lipinski definition) is 2. The number of nitrogens with one attached hydrogen (secondary N) is 1. The van der Waals surface area contributed by atoms with Gasteiger partial charge in [0.1, 0.15) is 0 Å². The van der Waals surface area contributed by atoms with E-state index in [2.05, 4.69) is 38.7 Å². The Morgan fingerprint density at radius 3 is 2.57 bits per heavy atom. The van der Waals surface area contributed by atoms with Crippen molar-refractivity contribution >= 4 is 0 Å². The fourth-order valence-corrected chi connectivity index (χ4v) is 1.32. The number of hydrogen-bond donors (Lipinski definition) is 1. The van der Waals surface area contributed by atoms with Crippen molar-refractivity contribution in [1.82, 2.24) is 5.32 Å². The average Bonchev–Trinajstić information content (AvgIpc) is 2.15. The van der Waals surface area contributed by atoms with E-state index in [0.29, 0.717) is 6.04 Å². The zero-order chi connectivity index (χ0) is 11.0. The van der Waals surface area contributed by atoms with E-state index in [4.69, 9.17) is 4.74 Å². The Morgan fingerprint density at radius 2 is 2.14 bits per heavy atom. The van der Waals surface area contributed by atoms with Crippen LogP contribution in [-0.4, -0.2) is 26.3 Å². The summed E-state index contributed by atoms with van der Waals surface area (Å²) in [5.41, 5.74) is 0.197. The Labute approximate surface area is 88.7 Å². The van der Waals surface area contributed by atoms with Crippen LogP contribution in [0.1, 0.15) is 33.6 Å². The first-order valence-corrected chi connectivity index (χ1v) is 5.40. The second-order valence-corrected chi connectivity index (χ2v) is 4.49. The largest absolute Gasteiger partial charge is 0.385 e. The second kappa shape index (κ2) is 7.02. The third-order valence-corrected chi connectivity index (χ3v) is 2.50. The molecule has 0 aliphatic rings. The number of rotatable bonds is 8. The van der Waals surface area contributed by atoms with Gasteiger partial charge in [-0.25, -0.2) is 0 Å². The highest BCUT2D eigenvalue weighted by Gasteiger charge is 2.19. The first-order chi connectivity index (χ1) is 6.54. The van der Waals surface area contributed by atoms with Gasteiger partial charge in [-0.15, -0.1) is 6.58 Å². The lowest BCUT2D eigenvalue weighted by atomic mass is 9.85. The Hall–Kier alpha value is -0.340. The van der Waals surface area contributed by atoms with Crippen LogP contribution in [-0.2, 0) is 4.74 Å². The lowest BCUT2D eigenvalue weighted by Gasteiger charge is -2.27. The quantitative estimate of drug-likeness (QED) is 0.479. The molecular formula is C12H25NO. The van der Waals surface area contributed by atoms with Gasteiger partial charge in [0.2, 0.25) is 0 Å². The van der Waals surface area contributed by atoms with Crippen LogP contribution in [0.3, 0.4) is 0 Å². The van der Waals surface area contributed by atoms with Crippen LogP contribution in [0.5, 0.6) is 0 Å². The van der Waals surface area contributed by atoms with E-state index in [1.165, 1.54) is 0 Å². The maximum absolute atomic E-state index is 5.05. The third-order valence-electron chi connectivity index (χ3n) is 2.50. The van der Waals surface area contributed by atoms with Gasteiger partial charge in [-0.1, -0.05) is 26.8 Å². The topological polar surface area (TPSA) is 21.3 Å². The fourth-order valence-electron chi connectivity index (χ4n) is 1.32. The van der Waals surface area contributed by atoms with Crippen LogP contribution in [0.2, 0.25) is 0 Å². The van der Waals surface area contributed by atoms with E-state index in [1.807, 2.05) is 0 Å². The summed E-state index contributed by atoms with van der Waals surface area (Å²) in [7, 11) is 1.75. The van der Waals surface area contributed by atoms with Crippen LogP contribution in [0, 0.1) is 5.41 Å². The monoisotopic (exact) mass is 199 g/mol. The van der Waals surface area contributed by atoms with Crippen molar-refractivity contribution in [1.29, 1.82) is 0 Å². The summed E-state index contributed by atoms with van der Waals surface area (Å²) in [4.78, 5) is 0. The van der Waals surface area contributed by atoms with Crippen molar-refractivity contribution in [3.8, 4) is 0 Å². The van der Waals surface area contributed by atoms with Gasteiger partial charge in [0.15, 0.2) is 0 Å². The zero-order valence-corrected chi connectivity index (χ0v) is 10.1. The van der Waals surface area contributed by atoms with Gasteiger partial charge < -0.3 is 10.1 Å². The minimum atomic E-state index is 0.197. The van der Waals surface area contributed by atoms with Gasteiger partial charge in [-0.05, 0) is 18.3 Å². The molecule has 1 atom stereocenters. The number of ether oxygens (including phenoxy) is 1. The van der Waals surface area contributed by atoms with Crippen LogP contribution in [0.15, 0.2) is 12.7 Å². The maximum Gasteiger partial charge on any atom is 0.0462 e. The molecule has 0 aromatic rings. The molecule has 0 fully saturated rings. The molecule has 0 rings (SSSR count). The summed E-state index contributed by atoms with van der Waals surface area (Å²) in [5.74, 6) is 0. The minimum Gasteiger partial charge on any atom is -0.385 e. The Bertz CT molecular complexity index is 156. The smallest absolute Gasteiger partial charge is 0.0462 e. The van der Waals surface area contributed by atoms with Gasteiger partial charge in [-0.3, -0.25) is 0 Å². The third kappa shape index (κ3) is 6.17. The molecule has 0 aliphatic carbocycles. The maximum atomic E-state index is 5.05. The first-order valence-electron chi connectivity index (χ1n) is 5.40. The standard InChI is InChI=1S/C12H25NO/c1-6-12(4,8-7-9-14-5)10-13-11(2)3/h6,11,13H,1,7-10H2,2-5H3. The molecule has 0 saturated heterocycles. The molecule has 2 heteroatoms. The molecule has 14 heavy (non-hydrogen) atoms. The highest BCUT2D eigenvalue weighted by Crippen LogP contribution is 2.23. The molecule has 0 heterocycles. The highest BCUT2D eigenvalue weighted by molar-refractivity contribution is 4.93. The SMILES string of the molecule is C=CC(C)(CCCOC)CNC(C)C. The zero-order valence-electron chi connectivity index (χ0n) is 10.1. The van der Waals surface area contributed by atoms with E-state index in [1.54, 1.807) is 7.11 Å². The van der Waals surface area contributed by atoms with Crippen LogP contribution in [0.25, 0.3) is 0 Å². The summed E-state index contributed by atoms with van der Waals surface area (Å²) in [6.45, 7) is 12.3. The van der Waals surface area contributed by atoms with Crippen molar-refractivity contribution in [3.63, 3.8) is 0 Å². The minimum absolute atomic E-state index is 0.197. The molecule has 0 aliphatic heterocycles. The molecule has 1 unspecified atom stereocenters. The van der Waals surface area contributed by atoms with Crippen molar-refractivity contribution in [3.05, 3.63) is 12.7 Å². The van der Waals surface area contributed by atoms with E-state index in [0.717, 1.165) is 26.0 Å². The van der Waals surface area contributed by atoms with Crippen LogP contribution in [0.4, 0.5) is 0 Å². The molecule has 0 radical (unpaired) electrons. The number of methoxy groups -OCH3 is 1. The van der Waals surface area contributed by atoms with E-state index >= 15 is 0 Å². The lowest BCUT2D eigenvalue weighted by Crippen LogP contribution is -2.34. The molecule has 0 saturated carbocycles. The summed E-state index contributed by atoms with van der Waals surface area (Å²) in [5, 5.41) is 3.45. The summed E-state index contributed by atoms with van der Waals surface area (Å²) >= 11 is 0. The summed E-state index contributed by atoms with van der Waals surface area (Å²) in [6.07, 6.45) is 4.28. The van der Waals surface area contributed by atoms with Gasteiger partial charge in [-0.2, -0.15) is 0 Å².